The van der Waals surface area contributed by atoms with Gasteiger partial charge in [0.2, 0.25) is 0 Å². The second-order valence-electron chi connectivity index (χ2n) is 9.49. The third-order valence-corrected chi connectivity index (χ3v) is 7.31. The molecule has 0 radical (unpaired) electrons. The Morgan fingerprint density at radius 2 is 1.34 bits per heavy atom. The van der Waals surface area contributed by atoms with Crippen LogP contribution in [0.1, 0.15) is 0 Å². The molecule has 4 nitrogen and oxygen atoms in total. The lowest BCUT2D eigenvalue weighted by Crippen LogP contribution is -1.97. The zero-order chi connectivity index (χ0) is 25.1. The van der Waals surface area contributed by atoms with Gasteiger partial charge in [-0.15, -0.1) is 0 Å². The van der Waals surface area contributed by atoms with Crippen LogP contribution in [-0.4, -0.2) is 14.5 Å². The molecular formula is C34H21N3O. The largest absolute Gasteiger partial charge is 0.455 e. The Bertz CT molecular complexity index is 2120. The summed E-state index contributed by atoms with van der Waals surface area (Å²) >= 11 is 0. The van der Waals surface area contributed by atoms with Crippen LogP contribution in [0.4, 0.5) is 0 Å². The Labute approximate surface area is 218 Å². The van der Waals surface area contributed by atoms with Crippen LogP contribution in [0.3, 0.4) is 0 Å². The first-order valence-electron chi connectivity index (χ1n) is 12.7. The van der Waals surface area contributed by atoms with Crippen molar-refractivity contribution in [2.24, 2.45) is 0 Å². The first kappa shape index (κ1) is 20.9. The van der Waals surface area contributed by atoms with Gasteiger partial charge in [0.15, 0.2) is 0 Å². The summed E-state index contributed by atoms with van der Waals surface area (Å²) in [5.74, 6) is 0.901. The molecule has 0 bridgehead atoms. The van der Waals surface area contributed by atoms with Crippen molar-refractivity contribution < 1.29 is 4.42 Å². The Morgan fingerprint density at radius 1 is 0.605 bits per heavy atom. The number of imidazole rings is 1. The van der Waals surface area contributed by atoms with E-state index in [0.29, 0.717) is 0 Å². The highest BCUT2D eigenvalue weighted by atomic mass is 16.3. The van der Waals surface area contributed by atoms with Crippen LogP contribution in [0.15, 0.2) is 132 Å². The minimum absolute atomic E-state index is 0.874. The zero-order valence-corrected chi connectivity index (χ0v) is 20.4. The van der Waals surface area contributed by atoms with Crippen LogP contribution < -0.4 is 0 Å². The highest BCUT2D eigenvalue weighted by Crippen LogP contribution is 2.40. The molecule has 0 saturated heterocycles. The fourth-order valence-corrected chi connectivity index (χ4v) is 5.55. The van der Waals surface area contributed by atoms with Crippen molar-refractivity contribution in [1.82, 2.24) is 14.5 Å². The molecule has 0 aliphatic heterocycles. The molecule has 0 aliphatic carbocycles. The Hall–Kier alpha value is -5.22. The third-order valence-electron chi connectivity index (χ3n) is 7.31. The van der Waals surface area contributed by atoms with Crippen LogP contribution >= 0.6 is 0 Å². The maximum absolute atomic E-state index is 6.31. The lowest BCUT2D eigenvalue weighted by Gasteiger charge is -2.12. The summed E-state index contributed by atoms with van der Waals surface area (Å²) in [7, 11) is 0. The average molecular weight is 488 g/mol. The summed E-state index contributed by atoms with van der Waals surface area (Å²) in [6.07, 6.45) is 3.64. The van der Waals surface area contributed by atoms with Gasteiger partial charge in [-0.25, -0.2) is 4.98 Å². The van der Waals surface area contributed by atoms with Gasteiger partial charge < -0.3 is 4.42 Å². The monoisotopic (exact) mass is 487 g/mol. The molecular weight excluding hydrogens is 466 g/mol. The smallest absolute Gasteiger partial charge is 0.145 e. The van der Waals surface area contributed by atoms with Crippen LogP contribution in [0.2, 0.25) is 0 Å². The minimum Gasteiger partial charge on any atom is -0.455 e. The number of nitrogens with zero attached hydrogens (tertiary/aromatic N) is 3. The second-order valence-corrected chi connectivity index (χ2v) is 9.49. The fourth-order valence-electron chi connectivity index (χ4n) is 5.55. The molecule has 8 rings (SSSR count). The van der Waals surface area contributed by atoms with Crippen LogP contribution in [0.5, 0.6) is 0 Å². The number of hydrogen-bond donors (Lipinski definition) is 0. The van der Waals surface area contributed by atoms with E-state index >= 15 is 0 Å². The van der Waals surface area contributed by atoms with E-state index in [9.17, 15) is 0 Å². The minimum atomic E-state index is 0.874. The molecule has 38 heavy (non-hydrogen) atoms. The van der Waals surface area contributed by atoms with Crippen molar-refractivity contribution in [2.45, 2.75) is 0 Å². The summed E-state index contributed by atoms with van der Waals surface area (Å²) in [5, 5.41) is 4.57. The van der Waals surface area contributed by atoms with Crippen molar-refractivity contribution in [3.63, 3.8) is 0 Å². The van der Waals surface area contributed by atoms with Gasteiger partial charge in [-0.2, -0.15) is 0 Å². The summed E-state index contributed by atoms with van der Waals surface area (Å²) < 4.78 is 8.51. The van der Waals surface area contributed by atoms with Crippen LogP contribution in [0.25, 0.3) is 71.9 Å². The summed E-state index contributed by atoms with van der Waals surface area (Å²) in [6.45, 7) is 0. The molecule has 8 aromatic rings. The topological polar surface area (TPSA) is 43.9 Å². The third kappa shape index (κ3) is 3.10. The van der Waals surface area contributed by atoms with Crippen LogP contribution in [-0.2, 0) is 0 Å². The van der Waals surface area contributed by atoms with E-state index in [4.69, 9.17) is 9.40 Å². The van der Waals surface area contributed by atoms with Crippen molar-refractivity contribution >= 4 is 43.7 Å². The lowest BCUT2D eigenvalue weighted by molar-refractivity contribution is 0.672. The molecule has 178 valence electrons. The Balaban J connectivity index is 1.33. The van der Waals surface area contributed by atoms with Gasteiger partial charge in [-0.05, 0) is 46.8 Å². The van der Waals surface area contributed by atoms with E-state index in [1.54, 1.807) is 0 Å². The fraction of sp³-hybridized carbons (Fsp3) is 0. The number of furan rings is 1. The average Bonchev–Trinajstić information content (AvgIpc) is 3.56. The second kappa shape index (κ2) is 8.15. The predicted molar refractivity (Wildman–Crippen MR) is 155 cm³/mol. The van der Waals surface area contributed by atoms with E-state index in [1.807, 2.05) is 48.8 Å². The predicted octanol–water partition coefficient (Wildman–Crippen LogP) is 8.81. The number of rotatable bonds is 3. The number of para-hydroxylation sites is 1. The zero-order valence-electron chi connectivity index (χ0n) is 20.4. The van der Waals surface area contributed by atoms with Gasteiger partial charge in [0.05, 0.1) is 11.7 Å². The molecule has 0 spiro atoms. The van der Waals surface area contributed by atoms with E-state index in [1.165, 1.54) is 10.9 Å². The molecule has 0 aliphatic rings. The summed E-state index contributed by atoms with van der Waals surface area (Å²) in [6, 6.07) is 40.1. The number of fused-ring (bicyclic) bond motifs is 6. The molecule has 0 N–H and O–H groups in total. The van der Waals surface area contributed by atoms with Crippen molar-refractivity contribution in [1.29, 1.82) is 0 Å². The molecule has 0 unspecified atom stereocenters. The Morgan fingerprint density at radius 3 is 2.18 bits per heavy atom. The first-order valence-corrected chi connectivity index (χ1v) is 12.7. The molecule has 0 fully saturated rings. The molecule has 0 amide bonds. The SMILES string of the molecule is c1ccc(-c2nc3cnccc3n2-c2ccc(-c3cc4c5ccccc5oc4c4ccccc34)cc2)cc1. The van der Waals surface area contributed by atoms with Gasteiger partial charge in [-0.3, -0.25) is 9.55 Å². The molecule has 3 heterocycles. The summed E-state index contributed by atoms with van der Waals surface area (Å²) in [5.41, 5.74) is 8.22. The molecule has 3 aromatic heterocycles. The highest BCUT2D eigenvalue weighted by Gasteiger charge is 2.17. The molecule has 0 saturated carbocycles. The van der Waals surface area contributed by atoms with E-state index in [2.05, 4.69) is 88.4 Å². The van der Waals surface area contributed by atoms with E-state index in [-0.39, 0.29) is 0 Å². The lowest BCUT2D eigenvalue weighted by atomic mass is 9.95. The van der Waals surface area contributed by atoms with E-state index < -0.39 is 0 Å². The quantitative estimate of drug-likeness (QED) is 0.250. The summed E-state index contributed by atoms with van der Waals surface area (Å²) in [4.78, 5) is 9.22. The number of benzene rings is 5. The molecule has 4 heteroatoms. The van der Waals surface area contributed by atoms with Gasteiger partial charge in [-0.1, -0.05) is 84.9 Å². The van der Waals surface area contributed by atoms with Crippen molar-refractivity contribution in [2.75, 3.05) is 0 Å². The maximum Gasteiger partial charge on any atom is 0.145 e. The number of aromatic nitrogens is 3. The number of hydrogen-bond acceptors (Lipinski definition) is 3. The van der Waals surface area contributed by atoms with Gasteiger partial charge in [0.25, 0.3) is 0 Å². The first-order chi connectivity index (χ1) is 18.8. The van der Waals surface area contributed by atoms with Crippen molar-refractivity contribution in [3.8, 4) is 28.2 Å². The maximum atomic E-state index is 6.31. The van der Waals surface area contributed by atoms with Crippen LogP contribution in [0, 0.1) is 0 Å². The van der Waals surface area contributed by atoms with Gasteiger partial charge >= 0.3 is 0 Å². The number of pyridine rings is 1. The van der Waals surface area contributed by atoms with Crippen molar-refractivity contribution in [3.05, 3.63) is 128 Å². The Kier molecular flexibility index (Phi) is 4.49. The normalized spacial score (nSPS) is 11.7. The van der Waals surface area contributed by atoms with E-state index in [0.717, 1.165) is 61.0 Å². The standard InChI is InChI=1S/C34H21N3O/c1-2-8-23(9-3-1)34-36-30-21-35-19-18-31(30)37(34)24-16-14-22(15-17-24)28-20-29-26-11-6-7-13-32(26)38-33(29)27-12-5-4-10-25(27)28/h1-21H. The highest BCUT2D eigenvalue weighted by molar-refractivity contribution is 6.19. The van der Waals surface area contributed by atoms with Gasteiger partial charge in [0.1, 0.15) is 22.5 Å². The molecule has 0 atom stereocenters. The molecule has 5 aromatic carbocycles. The van der Waals surface area contributed by atoms with Gasteiger partial charge in [0, 0.05) is 33.6 Å².